The van der Waals surface area contributed by atoms with Gasteiger partial charge in [0.25, 0.3) is 0 Å². The Balaban J connectivity index is 1.39. The van der Waals surface area contributed by atoms with E-state index in [9.17, 15) is 18.0 Å². The van der Waals surface area contributed by atoms with E-state index in [0.29, 0.717) is 19.5 Å². The molecule has 0 bridgehead atoms. The molecule has 5 rings (SSSR count). The molecule has 3 saturated heterocycles. The third-order valence-corrected chi connectivity index (χ3v) is 9.21. The van der Waals surface area contributed by atoms with Crippen molar-refractivity contribution in [3.8, 4) is 0 Å². The van der Waals surface area contributed by atoms with Gasteiger partial charge in [0.1, 0.15) is 12.1 Å². The Morgan fingerprint density at radius 1 is 0.853 bits per heavy atom. The van der Waals surface area contributed by atoms with Crippen molar-refractivity contribution >= 4 is 27.5 Å². The number of likely N-dealkylation sites (tertiary alicyclic amines) is 1. The first-order valence-corrected chi connectivity index (χ1v) is 13.3. The van der Waals surface area contributed by atoms with Crippen LogP contribution in [0.3, 0.4) is 0 Å². The smallest absolute Gasteiger partial charge is 0.250 e. The summed E-state index contributed by atoms with van der Waals surface area (Å²) in [6, 6.07) is 18.1. The van der Waals surface area contributed by atoms with Gasteiger partial charge in [-0.3, -0.25) is 9.59 Å². The molecule has 0 unspecified atom stereocenters. The first-order chi connectivity index (χ1) is 16.4. The van der Waals surface area contributed by atoms with Gasteiger partial charge in [0.15, 0.2) is 0 Å². The largest absolute Gasteiger partial charge is 0.341 e. The Hall–Kier alpha value is -2.91. The van der Waals surface area contributed by atoms with Gasteiger partial charge < -0.3 is 14.7 Å². The van der Waals surface area contributed by atoms with Gasteiger partial charge in [0, 0.05) is 31.9 Å². The van der Waals surface area contributed by atoms with Gasteiger partial charge in [0.2, 0.25) is 21.8 Å². The minimum Gasteiger partial charge on any atom is -0.341 e. The summed E-state index contributed by atoms with van der Waals surface area (Å²) in [5.41, 5.74) is 0.0568. The summed E-state index contributed by atoms with van der Waals surface area (Å²) < 4.78 is 27.8. The Labute approximate surface area is 200 Å². The van der Waals surface area contributed by atoms with E-state index in [1.54, 1.807) is 35.2 Å². The van der Waals surface area contributed by atoms with Crippen LogP contribution in [-0.4, -0.2) is 79.3 Å². The normalized spacial score (nSPS) is 20.9. The highest BCUT2D eigenvalue weighted by molar-refractivity contribution is 7.89. The molecule has 3 fully saturated rings. The van der Waals surface area contributed by atoms with Crippen LogP contribution < -0.4 is 4.90 Å². The van der Waals surface area contributed by atoms with Crippen molar-refractivity contribution in [3.63, 3.8) is 0 Å². The fourth-order valence-corrected chi connectivity index (χ4v) is 6.85. The number of piperidine rings is 1. The van der Waals surface area contributed by atoms with E-state index in [0.717, 1.165) is 31.6 Å². The average Bonchev–Trinajstić information content (AvgIpc) is 3.50. The number of sulfonamides is 1. The highest BCUT2D eigenvalue weighted by Crippen LogP contribution is 2.40. The Morgan fingerprint density at radius 3 is 2.06 bits per heavy atom. The zero-order valence-electron chi connectivity index (χ0n) is 19.2. The molecular weight excluding hydrogens is 452 g/mol. The van der Waals surface area contributed by atoms with Crippen molar-refractivity contribution in [3.05, 3.63) is 60.7 Å². The maximum absolute atomic E-state index is 13.8. The Morgan fingerprint density at radius 2 is 1.44 bits per heavy atom. The van der Waals surface area contributed by atoms with Gasteiger partial charge >= 0.3 is 0 Å². The van der Waals surface area contributed by atoms with E-state index >= 15 is 0 Å². The molecule has 2 aromatic rings. The van der Waals surface area contributed by atoms with Crippen LogP contribution in [0.4, 0.5) is 5.69 Å². The Kier molecular flexibility index (Phi) is 6.07. The lowest BCUT2D eigenvalue weighted by Crippen LogP contribution is -2.57. The lowest BCUT2D eigenvalue weighted by atomic mass is 9.86. The molecule has 0 radical (unpaired) electrons. The van der Waals surface area contributed by atoms with E-state index in [4.69, 9.17) is 0 Å². The maximum atomic E-state index is 13.8. The molecule has 1 spiro atoms. The lowest BCUT2D eigenvalue weighted by molar-refractivity contribution is -0.140. The second-order valence-electron chi connectivity index (χ2n) is 9.24. The molecule has 0 aliphatic carbocycles. The van der Waals surface area contributed by atoms with Gasteiger partial charge in [0.05, 0.1) is 11.6 Å². The van der Waals surface area contributed by atoms with Crippen LogP contribution in [0.5, 0.6) is 0 Å². The molecule has 9 heteroatoms. The molecule has 0 atom stereocenters. The minimum absolute atomic E-state index is 0.0139. The summed E-state index contributed by atoms with van der Waals surface area (Å²) >= 11 is 0. The zero-order valence-corrected chi connectivity index (χ0v) is 20.0. The standard InChI is InChI=1S/C25H30N4O4S/c30-23(26-15-7-8-16-26)19-27-20-29(21-9-3-1-4-10-21)25(24(27)31)13-17-28(18-14-25)34(32,33)22-11-5-2-6-12-22/h1-6,9-12H,7-8,13-20H2. The zero-order chi connectivity index (χ0) is 23.8. The van der Waals surface area contributed by atoms with Crippen molar-refractivity contribution in [2.45, 2.75) is 36.1 Å². The van der Waals surface area contributed by atoms with Gasteiger partial charge in [-0.05, 0) is 49.9 Å². The van der Waals surface area contributed by atoms with E-state index in [2.05, 4.69) is 4.90 Å². The highest BCUT2D eigenvalue weighted by Gasteiger charge is 2.55. The van der Waals surface area contributed by atoms with Crippen LogP contribution in [0, 0.1) is 0 Å². The molecule has 3 heterocycles. The predicted octanol–water partition coefficient (Wildman–Crippen LogP) is 2.14. The number of nitrogens with zero attached hydrogens (tertiary/aromatic N) is 4. The van der Waals surface area contributed by atoms with E-state index in [1.165, 1.54) is 4.31 Å². The number of carbonyl (C=O) groups is 2. The SMILES string of the molecule is O=C(CN1CN(c2ccccc2)C2(CCN(S(=O)(=O)c3ccccc3)CC2)C1=O)N1CCCC1. The topological polar surface area (TPSA) is 81.2 Å². The molecular formula is C25H30N4O4S. The average molecular weight is 483 g/mol. The highest BCUT2D eigenvalue weighted by atomic mass is 32.2. The van der Waals surface area contributed by atoms with Crippen molar-refractivity contribution in [1.82, 2.24) is 14.1 Å². The first kappa shape index (κ1) is 22.9. The second kappa shape index (κ2) is 9.03. The first-order valence-electron chi connectivity index (χ1n) is 11.9. The van der Waals surface area contributed by atoms with Crippen molar-refractivity contribution in [2.75, 3.05) is 44.3 Å². The van der Waals surface area contributed by atoms with E-state index < -0.39 is 15.6 Å². The summed E-state index contributed by atoms with van der Waals surface area (Å²) in [7, 11) is -3.62. The number of rotatable bonds is 5. The van der Waals surface area contributed by atoms with E-state index in [-0.39, 0.29) is 36.3 Å². The number of benzene rings is 2. The Bertz CT molecular complexity index is 1140. The van der Waals surface area contributed by atoms with Gasteiger partial charge in [-0.2, -0.15) is 4.31 Å². The van der Waals surface area contributed by atoms with Gasteiger partial charge in [-0.15, -0.1) is 0 Å². The second-order valence-corrected chi connectivity index (χ2v) is 11.2. The lowest BCUT2D eigenvalue weighted by Gasteiger charge is -2.42. The quantitative estimate of drug-likeness (QED) is 0.652. The van der Waals surface area contributed by atoms with Crippen molar-refractivity contribution < 1.29 is 18.0 Å². The molecule has 3 aliphatic heterocycles. The molecule has 0 saturated carbocycles. The molecule has 0 aromatic heterocycles. The number of amides is 2. The number of carbonyl (C=O) groups excluding carboxylic acids is 2. The summed E-state index contributed by atoms with van der Waals surface area (Å²) in [6.07, 6.45) is 2.76. The van der Waals surface area contributed by atoms with Crippen LogP contribution in [0.2, 0.25) is 0 Å². The summed E-state index contributed by atoms with van der Waals surface area (Å²) in [5, 5.41) is 0. The third kappa shape index (κ3) is 3.96. The fraction of sp³-hybridized carbons (Fsp3) is 0.440. The van der Waals surface area contributed by atoms with Crippen LogP contribution >= 0.6 is 0 Å². The number of hydrogen-bond donors (Lipinski definition) is 0. The van der Waals surface area contributed by atoms with Gasteiger partial charge in [-0.25, -0.2) is 8.42 Å². The predicted molar refractivity (Wildman–Crippen MR) is 128 cm³/mol. The van der Waals surface area contributed by atoms with Crippen LogP contribution in [0.25, 0.3) is 0 Å². The fourth-order valence-electron chi connectivity index (χ4n) is 5.39. The van der Waals surface area contributed by atoms with Crippen LogP contribution in [0.1, 0.15) is 25.7 Å². The molecule has 0 N–H and O–H groups in total. The molecule has 2 amide bonds. The molecule has 8 nitrogen and oxygen atoms in total. The van der Waals surface area contributed by atoms with Crippen LogP contribution in [-0.2, 0) is 19.6 Å². The molecule has 34 heavy (non-hydrogen) atoms. The summed E-state index contributed by atoms with van der Waals surface area (Å²) in [5.74, 6) is -0.0966. The summed E-state index contributed by atoms with van der Waals surface area (Å²) in [6.45, 7) is 2.39. The monoisotopic (exact) mass is 482 g/mol. The minimum atomic E-state index is -3.62. The van der Waals surface area contributed by atoms with Crippen LogP contribution in [0.15, 0.2) is 65.6 Å². The number of anilines is 1. The van der Waals surface area contributed by atoms with Crippen molar-refractivity contribution in [2.24, 2.45) is 0 Å². The number of hydrogen-bond acceptors (Lipinski definition) is 5. The third-order valence-electron chi connectivity index (χ3n) is 7.30. The van der Waals surface area contributed by atoms with Crippen molar-refractivity contribution in [1.29, 1.82) is 0 Å². The maximum Gasteiger partial charge on any atom is 0.250 e. The molecule has 3 aliphatic rings. The summed E-state index contributed by atoms with van der Waals surface area (Å²) in [4.78, 5) is 32.4. The molecule has 180 valence electrons. The number of para-hydroxylation sites is 1. The van der Waals surface area contributed by atoms with Gasteiger partial charge in [-0.1, -0.05) is 36.4 Å². The van der Waals surface area contributed by atoms with E-state index in [1.807, 2.05) is 35.2 Å². The molecule has 2 aromatic carbocycles.